The number of nitrogens with one attached hydrogen (secondary N) is 1. The molecule has 1 unspecified atom stereocenters. The molecule has 2 aromatic rings. The number of ether oxygens (including phenoxy) is 3. The van der Waals surface area contributed by atoms with E-state index < -0.39 is 0 Å². The van der Waals surface area contributed by atoms with E-state index in [1.54, 1.807) is 14.2 Å². The van der Waals surface area contributed by atoms with Gasteiger partial charge in [0.2, 0.25) is 0 Å². The number of hydrogen-bond donors (Lipinski definition) is 1. The molecule has 1 N–H and O–H groups in total. The molecule has 0 saturated carbocycles. The molecule has 0 spiro atoms. The quantitative estimate of drug-likeness (QED) is 0.800. The summed E-state index contributed by atoms with van der Waals surface area (Å²) >= 11 is 6.46. The van der Waals surface area contributed by atoms with Gasteiger partial charge < -0.3 is 19.5 Å². The second-order valence-electron chi connectivity index (χ2n) is 7.15. The zero-order valence-corrected chi connectivity index (χ0v) is 16.3. The van der Waals surface area contributed by atoms with Gasteiger partial charge in [0.05, 0.1) is 31.4 Å². The average Bonchev–Trinajstić information content (AvgIpc) is 3.10. The number of rotatable bonds is 3. The largest absolute Gasteiger partial charge is 0.493 e. The molecule has 138 valence electrons. The fraction of sp³-hybridized carbons (Fsp3) is 0.429. The molecule has 2 heterocycles. The van der Waals surface area contributed by atoms with Crippen LogP contribution in [0, 0.1) is 19.8 Å². The van der Waals surface area contributed by atoms with Gasteiger partial charge in [-0.1, -0.05) is 29.3 Å². The molecule has 26 heavy (non-hydrogen) atoms. The van der Waals surface area contributed by atoms with Crippen molar-refractivity contribution < 1.29 is 14.2 Å². The van der Waals surface area contributed by atoms with E-state index in [9.17, 15) is 0 Å². The monoisotopic (exact) mass is 373 g/mol. The summed E-state index contributed by atoms with van der Waals surface area (Å²) < 4.78 is 17.0. The Kier molecular flexibility index (Phi) is 4.49. The maximum atomic E-state index is 6.46. The number of benzene rings is 2. The SMILES string of the molecule is COc1cc(C2Nc3c(C)cc(C)cc3[C@H]3OCC[C@@H]23)cc(Cl)c1OC. The Balaban J connectivity index is 1.82. The first kappa shape index (κ1) is 17.5. The molecule has 5 heteroatoms. The van der Waals surface area contributed by atoms with Gasteiger partial charge in [-0.05, 0) is 43.5 Å². The van der Waals surface area contributed by atoms with Crippen molar-refractivity contribution in [1.29, 1.82) is 0 Å². The van der Waals surface area contributed by atoms with Crippen molar-refractivity contribution in [3.05, 3.63) is 51.5 Å². The summed E-state index contributed by atoms with van der Waals surface area (Å²) in [7, 11) is 3.24. The summed E-state index contributed by atoms with van der Waals surface area (Å²) in [6, 6.07) is 8.57. The Bertz CT molecular complexity index is 852. The van der Waals surface area contributed by atoms with E-state index in [1.807, 2.05) is 12.1 Å². The molecule has 1 saturated heterocycles. The third-order valence-electron chi connectivity index (χ3n) is 5.50. The smallest absolute Gasteiger partial charge is 0.179 e. The molecule has 2 aliphatic rings. The molecular formula is C21H24ClNO3. The highest BCUT2D eigenvalue weighted by atomic mass is 35.5. The highest BCUT2D eigenvalue weighted by Crippen LogP contribution is 2.52. The summed E-state index contributed by atoms with van der Waals surface area (Å²) in [5.41, 5.74) is 6.05. The first-order chi connectivity index (χ1) is 12.5. The lowest BCUT2D eigenvalue weighted by atomic mass is 9.79. The van der Waals surface area contributed by atoms with Gasteiger partial charge in [-0.3, -0.25) is 0 Å². The topological polar surface area (TPSA) is 39.7 Å². The molecular weight excluding hydrogens is 350 g/mol. The van der Waals surface area contributed by atoms with E-state index >= 15 is 0 Å². The maximum absolute atomic E-state index is 6.46. The van der Waals surface area contributed by atoms with E-state index in [1.165, 1.54) is 22.4 Å². The van der Waals surface area contributed by atoms with Crippen molar-refractivity contribution in [2.24, 2.45) is 5.92 Å². The summed E-state index contributed by atoms with van der Waals surface area (Å²) in [5.74, 6) is 1.58. The lowest BCUT2D eigenvalue weighted by molar-refractivity contribution is 0.0828. The van der Waals surface area contributed by atoms with E-state index in [2.05, 4.69) is 31.3 Å². The average molecular weight is 374 g/mol. The normalized spacial score (nSPS) is 23.8. The summed E-state index contributed by atoms with van der Waals surface area (Å²) in [6.45, 7) is 5.06. The first-order valence-electron chi connectivity index (χ1n) is 8.94. The van der Waals surface area contributed by atoms with Crippen LogP contribution in [0.25, 0.3) is 0 Å². The minimum absolute atomic E-state index is 0.113. The van der Waals surface area contributed by atoms with Gasteiger partial charge in [0, 0.05) is 23.8 Å². The lowest BCUT2D eigenvalue weighted by Gasteiger charge is -2.37. The Hall–Kier alpha value is -1.91. The molecule has 0 aromatic heterocycles. The van der Waals surface area contributed by atoms with Crippen molar-refractivity contribution >= 4 is 17.3 Å². The van der Waals surface area contributed by atoms with Gasteiger partial charge >= 0.3 is 0 Å². The number of fused-ring (bicyclic) bond motifs is 3. The fourth-order valence-electron chi connectivity index (χ4n) is 4.40. The van der Waals surface area contributed by atoms with Crippen molar-refractivity contribution in [3.8, 4) is 11.5 Å². The maximum Gasteiger partial charge on any atom is 0.179 e. The van der Waals surface area contributed by atoms with Crippen LogP contribution in [0.2, 0.25) is 5.02 Å². The highest BCUT2D eigenvalue weighted by molar-refractivity contribution is 6.32. The number of hydrogen-bond acceptors (Lipinski definition) is 4. The Morgan fingerprint density at radius 1 is 1.12 bits per heavy atom. The zero-order valence-electron chi connectivity index (χ0n) is 15.6. The minimum Gasteiger partial charge on any atom is -0.493 e. The molecule has 1 fully saturated rings. The predicted octanol–water partition coefficient (Wildman–Crippen LogP) is 5.22. The standard InChI is InChI=1S/C21H24ClNO3/c1-11-7-12(2)18-15(8-11)20-14(5-6-26-20)19(23-18)13-9-16(22)21(25-4)17(10-13)24-3/h7-10,14,19-20,23H,5-6H2,1-4H3/t14-,19?,20-/m0/s1. The molecule has 4 rings (SSSR count). The molecule has 4 nitrogen and oxygen atoms in total. The van der Waals surface area contributed by atoms with Gasteiger partial charge in [0.25, 0.3) is 0 Å². The zero-order chi connectivity index (χ0) is 18.4. The van der Waals surface area contributed by atoms with E-state index in [-0.39, 0.29) is 12.1 Å². The van der Waals surface area contributed by atoms with Crippen molar-refractivity contribution in [3.63, 3.8) is 0 Å². The molecule has 0 amide bonds. The fourth-order valence-corrected chi connectivity index (χ4v) is 4.70. The highest BCUT2D eigenvalue weighted by Gasteiger charge is 2.42. The van der Waals surface area contributed by atoms with Gasteiger partial charge in [-0.15, -0.1) is 0 Å². The van der Waals surface area contributed by atoms with Crippen LogP contribution in [-0.4, -0.2) is 20.8 Å². The predicted molar refractivity (Wildman–Crippen MR) is 104 cm³/mol. The summed E-state index contributed by atoms with van der Waals surface area (Å²) in [5, 5.41) is 4.32. The number of anilines is 1. The Labute approximate surface area is 159 Å². The van der Waals surface area contributed by atoms with Gasteiger partial charge in [0.15, 0.2) is 11.5 Å². The Morgan fingerprint density at radius 2 is 1.92 bits per heavy atom. The third-order valence-corrected chi connectivity index (χ3v) is 5.78. The molecule has 3 atom stereocenters. The van der Waals surface area contributed by atoms with E-state index in [4.69, 9.17) is 25.8 Å². The van der Waals surface area contributed by atoms with E-state index in [0.29, 0.717) is 22.4 Å². The van der Waals surface area contributed by atoms with Crippen LogP contribution in [0.5, 0.6) is 11.5 Å². The van der Waals surface area contributed by atoms with Gasteiger partial charge in [-0.25, -0.2) is 0 Å². The number of methoxy groups -OCH3 is 2. The van der Waals surface area contributed by atoms with Crippen molar-refractivity contribution in [2.75, 3.05) is 26.1 Å². The number of aryl methyl sites for hydroxylation is 2. The third kappa shape index (κ3) is 2.72. The van der Waals surface area contributed by atoms with Crippen LogP contribution >= 0.6 is 11.6 Å². The van der Waals surface area contributed by atoms with Crippen molar-refractivity contribution in [1.82, 2.24) is 0 Å². The summed E-state index contributed by atoms with van der Waals surface area (Å²) in [6.07, 6.45) is 1.13. The molecule has 2 aromatic carbocycles. The molecule has 0 aliphatic carbocycles. The van der Waals surface area contributed by atoms with Crippen LogP contribution < -0.4 is 14.8 Å². The van der Waals surface area contributed by atoms with Crippen LogP contribution in [0.4, 0.5) is 5.69 Å². The molecule has 2 aliphatic heterocycles. The second kappa shape index (κ2) is 6.67. The first-order valence-corrected chi connectivity index (χ1v) is 9.32. The summed E-state index contributed by atoms with van der Waals surface area (Å²) in [4.78, 5) is 0. The van der Waals surface area contributed by atoms with Gasteiger partial charge in [-0.2, -0.15) is 0 Å². The van der Waals surface area contributed by atoms with Crippen LogP contribution in [0.3, 0.4) is 0 Å². The van der Waals surface area contributed by atoms with Crippen LogP contribution in [0.1, 0.15) is 40.8 Å². The van der Waals surface area contributed by atoms with Crippen LogP contribution in [-0.2, 0) is 4.74 Å². The second-order valence-corrected chi connectivity index (χ2v) is 7.56. The Morgan fingerprint density at radius 3 is 2.65 bits per heavy atom. The van der Waals surface area contributed by atoms with Gasteiger partial charge in [0.1, 0.15) is 0 Å². The molecule has 0 bridgehead atoms. The minimum atomic E-state index is 0.113. The van der Waals surface area contributed by atoms with E-state index in [0.717, 1.165) is 18.6 Å². The lowest BCUT2D eigenvalue weighted by Crippen LogP contribution is -2.30. The van der Waals surface area contributed by atoms with Crippen molar-refractivity contribution in [2.45, 2.75) is 32.4 Å². The van der Waals surface area contributed by atoms with Crippen LogP contribution in [0.15, 0.2) is 24.3 Å². The number of halogens is 1. The molecule has 0 radical (unpaired) electrons.